The number of rotatable bonds is 6. The maximum Gasteiger partial charge on any atom is 0.315 e. The van der Waals surface area contributed by atoms with Crippen LogP contribution in [0.15, 0.2) is 24.3 Å². The summed E-state index contributed by atoms with van der Waals surface area (Å²) in [5.41, 5.74) is 6.83. The van der Waals surface area contributed by atoms with Crippen LogP contribution in [0.4, 0.5) is 17.6 Å². The summed E-state index contributed by atoms with van der Waals surface area (Å²) < 4.78 is 4.17. The lowest BCUT2D eigenvalue weighted by molar-refractivity contribution is -0.151. The summed E-state index contributed by atoms with van der Waals surface area (Å²) in [5, 5.41) is 3.12. The van der Waals surface area contributed by atoms with Gasteiger partial charge in [-0.05, 0) is 25.0 Å². The predicted molar refractivity (Wildman–Crippen MR) is 100 cm³/mol. The zero-order chi connectivity index (χ0) is 18.9. The molecule has 1 heterocycles. The first-order valence-electron chi connectivity index (χ1n) is 8.15. The highest BCUT2D eigenvalue weighted by Gasteiger charge is 2.69. The van der Waals surface area contributed by atoms with E-state index in [1.807, 2.05) is 24.3 Å². The average molecular weight is 396 g/mol. The monoisotopic (exact) mass is 395 g/mol. The third-order valence-electron chi connectivity index (χ3n) is 4.38. The highest BCUT2D eigenvalue weighted by Crippen LogP contribution is 2.64. The molecule has 1 atom stereocenters. The summed E-state index contributed by atoms with van der Waals surface area (Å²) in [6.07, 6.45) is 1.20. The molecule has 1 aromatic heterocycles. The third-order valence-corrected chi connectivity index (χ3v) is 5.49. The largest absolute Gasteiger partial charge is 0.457 e. The van der Waals surface area contributed by atoms with E-state index >= 15 is 0 Å². The predicted octanol–water partition coefficient (Wildman–Crippen LogP) is 3.39. The number of halogens is 2. The van der Waals surface area contributed by atoms with Crippen LogP contribution in [-0.4, -0.2) is 25.3 Å². The Bertz CT molecular complexity index is 846. The molecule has 3 N–H and O–H groups in total. The number of aromatic nitrogens is 3. The number of carbonyl (C=O) groups is 1. The highest BCUT2D eigenvalue weighted by atomic mass is 35.5. The summed E-state index contributed by atoms with van der Waals surface area (Å²) in [6.45, 7) is 3.57. The van der Waals surface area contributed by atoms with E-state index in [0.717, 1.165) is 17.7 Å². The third kappa shape index (κ3) is 3.68. The van der Waals surface area contributed by atoms with E-state index in [2.05, 4.69) is 27.2 Å². The van der Waals surface area contributed by atoms with Crippen molar-refractivity contribution in [3.05, 3.63) is 35.7 Å². The Kier molecular flexibility index (Phi) is 4.94. The molecule has 138 valence electrons. The number of esters is 1. The molecule has 26 heavy (non-hydrogen) atoms. The molecule has 3 rings (SSSR count). The molecule has 0 bridgehead atoms. The quantitative estimate of drug-likeness (QED) is 0.570. The van der Waals surface area contributed by atoms with E-state index in [9.17, 15) is 4.79 Å². The van der Waals surface area contributed by atoms with Crippen LogP contribution in [0.3, 0.4) is 0 Å². The minimum absolute atomic E-state index is 0.0317. The van der Waals surface area contributed by atoms with Crippen molar-refractivity contribution in [3.8, 4) is 0 Å². The van der Waals surface area contributed by atoms with Crippen LogP contribution < -0.4 is 11.1 Å². The van der Waals surface area contributed by atoms with Crippen LogP contribution in [0.25, 0.3) is 0 Å². The number of nitrogens with zero attached hydrogens (tertiary/aromatic N) is 3. The first-order valence-corrected chi connectivity index (χ1v) is 8.91. The molecule has 0 radical (unpaired) electrons. The Morgan fingerprint density at radius 2 is 2.00 bits per heavy atom. The molecule has 0 amide bonds. The maximum absolute atomic E-state index is 12.2. The zero-order valence-electron chi connectivity index (χ0n) is 14.4. The number of ether oxygens (including phenoxy) is 1. The number of nitrogens with two attached hydrogens (primary N) is 1. The average Bonchev–Trinajstić information content (AvgIpc) is 3.12. The number of anilines is 3. The fraction of sp³-hybridized carbons (Fsp3) is 0.412. The summed E-state index contributed by atoms with van der Waals surface area (Å²) in [6, 6.07) is 7.81. The van der Waals surface area contributed by atoms with Gasteiger partial charge in [-0.2, -0.15) is 15.0 Å². The molecular weight excluding hydrogens is 377 g/mol. The van der Waals surface area contributed by atoms with Crippen LogP contribution in [0.1, 0.15) is 31.7 Å². The van der Waals surface area contributed by atoms with Crippen LogP contribution in [-0.2, 0) is 22.6 Å². The molecule has 1 aliphatic carbocycles. The number of hydrogen-bond acceptors (Lipinski definition) is 7. The smallest absolute Gasteiger partial charge is 0.315 e. The number of carbonyl (C=O) groups excluding carboxylic acids is 1. The van der Waals surface area contributed by atoms with Gasteiger partial charge in [0.2, 0.25) is 11.9 Å². The fourth-order valence-corrected chi connectivity index (χ4v) is 3.23. The molecule has 0 unspecified atom stereocenters. The Morgan fingerprint density at radius 1 is 1.31 bits per heavy atom. The van der Waals surface area contributed by atoms with Crippen molar-refractivity contribution in [1.29, 1.82) is 0 Å². The second-order valence-electron chi connectivity index (χ2n) is 6.36. The van der Waals surface area contributed by atoms with Crippen LogP contribution in [0, 0.1) is 5.41 Å². The van der Waals surface area contributed by atoms with Crippen molar-refractivity contribution >= 4 is 46.8 Å². The standard InChI is InChI=1S/C17H19Cl2N5O2/c1-3-10-6-4-5-7-11(10)21-15-23-12(22-14(20)24-15)8-26-13(25)16(2)9-17(16,18)19/h4-7H,3,8-9H2,1-2H3,(H3,20,21,22,23,24)/t16-/m0/s1. The van der Waals surface area contributed by atoms with Gasteiger partial charge in [0.05, 0.1) is 0 Å². The van der Waals surface area contributed by atoms with Crippen LogP contribution >= 0.6 is 23.2 Å². The molecule has 1 aromatic carbocycles. The SMILES string of the molecule is CCc1ccccc1Nc1nc(N)nc(COC(=O)[C@]2(C)CC2(Cl)Cl)n1. The van der Waals surface area contributed by atoms with E-state index < -0.39 is 15.7 Å². The van der Waals surface area contributed by atoms with Crippen molar-refractivity contribution in [2.45, 2.75) is 37.6 Å². The summed E-state index contributed by atoms with van der Waals surface area (Å²) >= 11 is 12.0. The van der Waals surface area contributed by atoms with Crippen molar-refractivity contribution in [1.82, 2.24) is 15.0 Å². The lowest BCUT2D eigenvalue weighted by atomic mass is 10.1. The summed E-state index contributed by atoms with van der Waals surface area (Å²) in [7, 11) is 0. The number of nitrogen functional groups attached to an aromatic ring is 1. The molecule has 1 saturated carbocycles. The van der Waals surface area contributed by atoms with Gasteiger partial charge in [-0.15, -0.1) is 23.2 Å². The van der Waals surface area contributed by atoms with Crippen molar-refractivity contribution in [3.63, 3.8) is 0 Å². The van der Waals surface area contributed by atoms with Crippen molar-refractivity contribution < 1.29 is 9.53 Å². The first-order chi connectivity index (χ1) is 12.2. The highest BCUT2D eigenvalue weighted by molar-refractivity contribution is 6.53. The van der Waals surface area contributed by atoms with E-state index in [-0.39, 0.29) is 24.3 Å². The topological polar surface area (TPSA) is 103 Å². The lowest BCUT2D eigenvalue weighted by Gasteiger charge is -2.12. The number of para-hydroxylation sites is 1. The van der Waals surface area contributed by atoms with E-state index in [4.69, 9.17) is 33.7 Å². The number of aryl methyl sites for hydroxylation is 1. The van der Waals surface area contributed by atoms with Gasteiger partial charge in [0.1, 0.15) is 9.75 Å². The van der Waals surface area contributed by atoms with Crippen LogP contribution in [0.5, 0.6) is 0 Å². The molecular formula is C17H19Cl2N5O2. The first kappa shape index (κ1) is 18.7. The molecule has 0 aliphatic heterocycles. The lowest BCUT2D eigenvalue weighted by Crippen LogP contribution is -2.21. The second kappa shape index (κ2) is 6.89. The van der Waals surface area contributed by atoms with E-state index in [0.29, 0.717) is 6.42 Å². The molecule has 9 heteroatoms. The van der Waals surface area contributed by atoms with E-state index in [1.165, 1.54) is 0 Å². The van der Waals surface area contributed by atoms with Gasteiger partial charge in [-0.25, -0.2) is 0 Å². The van der Waals surface area contributed by atoms with Crippen molar-refractivity contribution in [2.24, 2.45) is 5.41 Å². The minimum atomic E-state index is -1.08. The van der Waals surface area contributed by atoms with Crippen molar-refractivity contribution in [2.75, 3.05) is 11.1 Å². The van der Waals surface area contributed by atoms with Gasteiger partial charge in [0.25, 0.3) is 0 Å². The molecule has 1 aliphatic rings. The summed E-state index contributed by atoms with van der Waals surface area (Å²) in [5.74, 6) is 0.0592. The second-order valence-corrected chi connectivity index (χ2v) is 7.84. The summed E-state index contributed by atoms with van der Waals surface area (Å²) in [4.78, 5) is 24.5. The van der Waals surface area contributed by atoms with E-state index in [1.54, 1.807) is 6.92 Å². The Hall–Kier alpha value is -2.12. The van der Waals surface area contributed by atoms with Gasteiger partial charge in [0, 0.05) is 12.1 Å². The zero-order valence-corrected chi connectivity index (χ0v) is 15.9. The van der Waals surface area contributed by atoms with Gasteiger partial charge in [-0.1, -0.05) is 25.1 Å². The molecule has 7 nitrogen and oxygen atoms in total. The van der Waals surface area contributed by atoms with Gasteiger partial charge in [0.15, 0.2) is 12.4 Å². The van der Waals surface area contributed by atoms with Gasteiger partial charge >= 0.3 is 5.97 Å². The Balaban J connectivity index is 1.71. The maximum atomic E-state index is 12.2. The number of nitrogens with one attached hydrogen (secondary N) is 1. The number of alkyl halides is 2. The molecule has 0 spiro atoms. The molecule has 1 fully saturated rings. The number of benzene rings is 1. The molecule has 0 saturated heterocycles. The minimum Gasteiger partial charge on any atom is -0.457 e. The van der Waals surface area contributed by atoms with Gasteiger partial charge < -0.3 is 15.8 Å². The Labute approximate surface area is 161 Å². The fourth-order valence-electron chi connectivity index (χ4n) is 2.54. The number of hydrogen-bond donors (Lipinski definition) is 2. The Morgan fingerprint density at radius 3 is 2.65 bits per heavy atom. The van der Waals surface area contributed by atoms with Crippen LogP contribution in [0.2, 0.25) is 0 Å². The normalized spacial score (nSPS) is 20.5. The molecule has 2 aromatic rings. The van der Waals surface area contributed by atoms with Gasteiger partial charge in [-0.3, -0.25) is 4.79 Å².